The number of anilines is 1. The number of para-hydroxylation sites is 1. The molecule has 2 aromatic heterocycles. The van der Waals surface area contributed by atoms with Gasteiger partial charge >= 0.3 is 0 Å². The summed E-state index contributed by atoms with van der Waals surface area (Å²) in [6.45, 7) is 1.94. The van der Waals surface area contributed by atoms with E-state index >= 15 is 0 Å². The van der Waals surface area contributed by atoms with Gasteiger partial charge in [-0.15, -0.1) is 16.4 Å². The predicted octanol–water partition coefficient (Wildman–Crippen LogP) is 4.35. The second-order valence-corrected chi connectivity index (χ2v) is 8.75. The number of nitrogens with zero attached hydrogens (tertiary/aromatic N) is 3. The smallest absolute Gasteiger partial charge is 0.280 e. The third-order valence-electron chi connectivity index (χ3n) is 5.19. The van der Waals surface area contributed by atoms with Crippen LogP contribution in [-0.2, 0) is 4.79 Å². The van der Waals surface area contributed by atoms with Gasteiger partial charge in [0.2, 0.25) is 5.91 Å². The van der Waals surface area contributed by atoms with E-state index in [9.17, 15) is 9.59 Å². The van der Waals surface area contributed by atoms with Crippen molar-refractivity contribution in [1.29, 1.82) is 0 Å². The van der Waals surface area contributed by atoms with Crippen LogP contribution >= 0.6 is 22.9 Å². The van der Waals surface area contributed by atoms with E-state index in [1.165, 1.54) is 11.3 Å². The van der Waals surface area contributed by atoms with E-state index in [1.807, 2.05) is 48.7 Å². The molecule has 1 saturated carbocycles. The molecule has 3 aromatic rings. The van der Waals surface area contributed by atoms with E-state index < -0.39 is 6.04 Å². The Morgan fingerprint density at radius 3 is 2.62 bits per heavy atom. The van der Waals surface area contributed by atoms with Crippen LogP contribution in [0.5, 0.6) is 0 Å². The summed E-state index contributed by atoms with van der Waals surface area (Å²) < 4.78 is 3.84. The third kappa shape index (κ3) is 4.23. The molecule has 8 heteroatoms. The molecule has 1 aromatic carbocycles. The molecule has 1 unspecified atom stereocenters. The SMILES string of the molecule is Cc1ccccc1N(C(=O)c1csnn1)C(C(=O)NC1CCCC1)c1cccs1. The number of hydrogen-bond donors (Lipinski definition) is 1. The van der Waals surface area contributed by atoms with Crippen LogP contribution in [0.4, 0.5) is 5.69 Å². The number of hydrogen-bond acceptors (Lipinski definition) is 6. The molecule has 0 bridgehead atoms. The van der Waals surface area contributed by atoms with Gasteiger partial charge in [0.05, 0.1) is 0 Å². The molecule has 6 nitrogen and oxygen atoms in total. The van der Waals surface area contributed by atoms with Crippen molar-refractivity contribution in [3.05, 3.63) is 63.3 Å². The number of carbonyl (C=O) groups is 2. The number of thiophene rings is 1. The number of amides is 2. The van der Waals surface area contributed by atoms with Crippen molar-refractivity contribution in [1.82, 2.24) is 14.9 Å². The Bertz CT molecular complexity index is 967. The summed E-state index contributed by atoms with van der Waals surface area (Å²) in [5.41, 5.74) is 1.86. The van der Waals surface area contributed by atoms with Gasteiger partial charge in [-0.3, -0.25) is 14.5 Å². The number of nitrogens with one attached hydrogen (secondary N) is 1. The van der Waals surface area contributed by atoms with Crippen LogP contribution in [0.3, 0.4) is 0 Å². The Morgan fingerprint density at radius 1 is 1.17 bits per heavy atom. The lowest BCUT2D eigenvalue weighted by Gasteiger charge is -2.32. The van der Waals surface area contributed by atoms with Gasteiger partial charge in [0.1, 0.15) is 0 Å². The van der Waals surface area contributed by atoms with Gasteiger partial charge in [-0.2, -0.15) is 0 Å². The van der Waals surface area contributed by atoms with E-state index in [0.29, 0.717) is 5.69 Å². The maximum absolute atomic E-state index is 13.5. The van der Waals surface area contributed by atoms with E-state index in [4.69, 9.17) is 0 Å². The second-order valence-electron chi connectivity index (χ2n) is 7.16. The summed E-state index contributed by atoms with van der Waals surface area (Å²) >= 11 is 2.59. The zero-order valence-electron chi connectivity index (χ0n) is 16.1. The molecule has 150 valence electrons. The highest BCUT2D eigenvalue weighted by atomic mass is 32.1. The van der Waals surface area contributed by atoms with Crippen molar-refractivity contribution in [3.8, 4) is 0 Å². The third-order valence-corrected chi connectivity index (χ3v) is 6.62. The minimum absolute atomic E-state index is 0.154. The number of carbonyl (C=O) groups excluding carboxylic acids is 2. The molecule has 1 aliphatic rings. The molecule has 1 fully saturated rings. The Kier molecular flexibility index (Phi) is 6.01. The number of rotatable bonds is 6. The molecule has 1 N–H and O–H groups in total. The summed E-state index contributed by atoms with van der Waals surface area (Å²) in [5, 5.41) is 10.7. The Morgan fingerprint density at radius 2 is 1.97 bits per heavy atom. The molecule has 2 heterocycles. The first kappa shape index (κ1) is 19.7. The largest absolute Gasteiger partial charge is 0.351 e. The number of aromatic nitrogens is 2. The lowest BCUT2D eigenvalue weighted by molar-refractivity contribution is -0.123. The Hall–Kier alpha value is -2.58. The van der Waals surface area contributed by atoms with Crippen LogP contribution in [0.2, 0.25) is 0 Å². The van der Waals surface area contributed by atoms with Crippen LogP contribution in [-0.4, -0.2) is 27.4 Å². The Balaban J connectivity index is 1.78. The summed E-state index contributed by atoms with van der Waals surface area (Å²) in [6.07, 6.45) is 4.22. The molecule has 1 atom stereocenters. The van der Waals surface area contributed by atoms with Crippen LogP contribution in [0.25, 0.3) is 0 Å². The second kappa shape index (κ2) is 8.84. The molecule has 0 saturated heterocycles. The maximum atomic E-state index is 13.5. The Labute approximate surface area is 177 Å². The van der Waals surface area contributed by atoms with E-state index in [-0.39, 0.29) is 23.6 Å². The van der Waals surface area contributed by atoms with Crippen molar-refractivity contribution in [2.75, 3.05) is 4.90 Å². The van der Waals surface area contributed by atoms with Crippen molar-refractivity contribution in [2.45, 2.75) is 44.7 Å². The van der Waals surface area contributed by atoms with Crippen molar-refractivity contribution < 1.29 is 9.59 Å². The predicted molar refractivity (Wildman–Crippen MR) is 115 cm³/mol. The summed E-state index contributed by atoms with van der Waals surface area (Å²) in [5.74, 6) is -0.479. The molecular formula is C21H22N4O2S2. The summed E-state index contributed by atoms with van der Waals surface area (Å²) in [6, 6.07) is 10.8. The van der Waals surface area contributed by atoms with Crippen molar-refractivity contribution in [3.63, 3.8) is 0 Å². The number of benzene rings is 1. The van der Waals surface area contributed by atoms with Crippen LogP contribution in [0.1, 0.15) is 52.7 Å². The van der Waals surface area contributed by atoms with Crippen molar-refractivity contribution in [2.24, 2.45) is 0 Å². The minimum Gasteiger partial charge on any atom is -0.351 e. The molecule has 29 heavy (non-hydrogen) atoms. The van der Waals surface area contributed by atoms with Crippen LogP contribution in [0, 0.1) is 6.92 Å². The normalized spacial score (nSPS) is 15.2. The van der Waals surface area contributed by atoms with E-state index in [0.717, 1.165) is 47.7 Å². The highest BCUT2D eigenvalue weighted by Gasteiger charge is 2.36. The van der Waals surface area contributed by atoms with Crippen LogP contribution in [0.15, 0.2) is 47.2 Å². The van der Waals surface area contributed by atoms with Crippen molar-refractivity contribution >= 4 is 40.4 Å². The average molecular weight is 427 g/mol. The molecule has 0 aliphatic heterocycles. The zero-order chi connectivity index (χ0) is 20.2. The molecule has 0 radical (unpaired) electrons. The molecule has 4 rings (SSSR count). The molecule has 2 amide bonds. The lowest BCUT2D eigenvalue weighted by Crippen LogP contribution is -2.46. The summed E-state index contributed by atoms with van der Waals surface area (Å²) in [4.78, 5) is 29.3. The van der Waals surface area contributed by atoms with Gasteiger partial charge in [-0.1, -0.05) is 41.6 Å². The van der Waals surface area contributed by atoms with Gasteiger partial charge in [0.25, 0.3) is 5.91 Å². The summed E-state index contributed by atoms with van der Waals surface area (Å²) in [7, 11) is 0. The average Bonchev–Trinajstić information content (AvgIpc) is 3.49. The molecule has 0 spiro atoms. The minimum atomic E-state index is -0.758. The topological polar surface area (TPSA) is 75.2 Å². The lowest BCUT2D eigenvalue weighted by atomic mass is 10.1. The fourth-order valence-electron chi connectivity index (χ4n) is 3.75. The highest BCUT2D eigenvalue weighted by molar-refractivity contribution is 7.10. The van der Waals surface area contributed by atoms with Crippen LogP contribution < -0.4 is 10.2 Å². The van der Waals surface area contributed by atoms with E-state index in [2.05, 4.69) is 14.9 Å². The first-order valence-corrected chi connectivity index (χ1v) is 11.4. The molecule has 1 aliphatic carbocycles. The first-order chi connectivity index (χ1) is 14.1. The van der Waals surface area contributed by atoms with Gasteiger partial charge in [-0.25, -0.2) is 0 Å². The first-order valence-electron chi connectivity index (χ1n) is 9.65. The fourth-order valence-corrected chi connectivity index (χ4v) is 4.99. The monoisotopic (exact) mass is 426 g/mol. The highest BCUT2D eigenvalue weighted by Crippen LogP contribution is 2.34. The van der Waals surface area contributed by atoms with Gasteiger partial charge < -0.3 is 5.32 Å². The zero-order valence-corrected chi connectivity index (χ0v) is 17.7. The van der Waals surface area contributed by atoms with Gasteiger partial charge in [-0.05, 0) is 54.4 Å². The van der Waals surface area contributed by atoms with Gasteiger partial charge in [0.15, 0.2) is 11.7 Å². The van der Waals surface area contributed by atoms with Gasteiger partial charge in [0, 0.05) is 22.0 Å². The number of aryl methyl sites for hydroxylation is 1. The maximum Gasteiger partial charge on any atom is 0.280 e. The molecular weight excluding hydrogens is 404 g/mol. The quantitative estimate of drug-likeness (QED) is 0.636. The van der Waals surface area contributed by atoms with E-state index in [1.54, 1.807) is 10.3 Å². The standard InChI is InChI=1S/C21H22N4O2S2/c1-14-7-2-5-10-17(14)25(21(27)16-13-29-24-23-16)19(18-11-6-12-28-18)20(26)22-15-8-3-4-9-15/h2,5-7,10-13,15,19H,3-4,8-9H2,1H3,(H,22,26). The fraction of sp³-hybridized carbons (Fsp3) is 0.333.